The number of ether oxygens (including phenoxy) is 1. The molecule has 0 aromatic carbocycles. The van der Waals surface area contributed by atoms with Gasteiger partial charge in [-0.2, -0.15) is 0 Å². The minimum Gasteiger partial charge on any atom is -0.481 e. The molecule has 3 N–H and O–H groups in total. The molecule has 1 aliphatic rings. The van der Waals surface area contributed by atoms with Gasteiger partial charge in [0, 0.05) is 12.5 Å². The van der Waals surface area contributed by atoms with Crippen LogP contribution in [0.4, 0.5) is 0 Å². The Hall–Kier alpha value is -1.10. The lowest BCUT2D eigenvalue weighted by atomic mass is 9.68. The Balaban J connectivity index is 2.57. The summed E-state index contributed by atoms with van der Waals surface area (Å²) < 4.78 is 5.29. The maximum atomic E-state index is 11.8. The summed E-state index contributed by atoms with van der Waals surface area (Å²) in [5.41, 5.74) is 5.10. The maximum Gasteiger partial charge on any atom is 0.306 e. The van der Waals surface area contributed by atoms with Crippen molar-refractivity contribution in [1.82, 2.24) is 0 Å². The summed E-state index contributed by atoms with van der Waals surface area (Å²) in [7, 11) is 0. The summed E-state index contributed by atoms with van der Waals surface area (Å²) in [6, 6.07) is 0.165. The zero-order chi connectivity index (χ0) is 15.4. The molecular weight excluding hydrogens is 258 g/mol. The Morgan fingerprint density at radius 3 is 2.30 bits per heavy atom. The second-order valence-electron chi connectivity index (χ2n) is 6.99. The number of nitrogens with two attached hydrogens (primary N) is 1. The van der Waals surface area contributed by atoms with Gasteiger partial charge in [-0.3, -0.25) is 9.59 Å². The first-order valence-corrected chi connectivity index (χ1v) is 7.31. The van der Waals surface area contributed by atoms with Gasteiger partial charge in [-0.25, -0.2) is 0 Å². The number of aliphatic carboxylic acids is 1. The van der Waals surface area contributed by atoms with E-state index < -0.39 is 11.6 Å². The van der Waals surface area contributed by atoms with Crippen molar-refractivity contribution in [2.75, 3.05) is 0 Å². The molecule has 0 bridgehead atoms. The average Bonchev–Trinajstić information content (AvgIpc) is 2.28. The van der Waals surface area contributed by atoms with Crippen molar-refractivity contribution >= 4 is 11.9 Å². The first-order chi connectivity index (χ1) is 9.12. The van der Waals surface area contributed by atoms with Gasteiger partial charge in [0.15, 0.2) is 0 Å². The molecule has 116 valence electrons. The number of esters is 1. The van der Waals surface area contributed by atoms with Crippen LogP contribution in [0.5, 0.6) is 0 Å². The van der Waals surface area contributed by atoms with Gasteiger partial charge in [0.2, 0.25) is 0 Å². The third kappa shape index (κ3) is 5.90. The number of carboxylic acid groups (broad SMARTS) is 1. The van der Waals surface area contributed by atoms with Gasteiger partial charge in [-0.05, 0) is 58.3 Å². The van der Waals surface area contributed by atoms with Crippen LogP contribution in [0.15, 0.2) is 0 Å². The summed E-state index contributed by atoms with van der Waals surface area (Å²) in [5, 5.41) is 9.10. The van der Waals surface area contributed by atoms with Crippen molar-refractivity contribution in [3.63, 3.8) is 0 Å². The van der Waals surface area contributed by atoms with Gasteiger partial charge in [-0.1, -0.05) is 0 Å². The van der Waals surface area contributed by atoms with Crippen molar-refractivity contribution in [3.05, 3.63) is 0 Å². The van der Waals surface area contributed by atoms with Gasteiger partial charge >= 0.3 is 11.9 Å². The average molecular weight is 285 g/mol. The number of carboxylic acids is 1. The van der Waals surface area contributed by atoms with E-state index in [0.717, 1.165) is 25.7 Å². The SMILES string of the molecule is CC(C)(C)OC(=O)CCC1(CC(=O)O)CCC(N)CC1. The van der Waals surface area contributed by atoms with E-state index in [0.29, 0.717) is 6.42 Å². The quantitative estimate of drug-likeness (QED) is 0.757. The second-order valence-corrected chi connectivity index (χ2v) is 6.99. The predicted octanol–water partition coefficient (Wildman–Crippen LogP) is 2.47. The molecule has 20 heavy (non-hydrogen) atoms. The Kier molecular flexibility index (Phi) is 5.57. The first kappa shape index (κ1) is 17.0. The van der Waals surface area contributed by atoms with E-state index in [1.54, 1.807) is 0 Å². The van der Waals surface area contributed by atoms with Crippen molar-refractivity contribution in [2.24, 2.45) is 11.1 Å². The maximum absolute atomic E-state index is 11.8. The van der Waals surface area contributed by atoms with Crippen molar-refractivity contribution in [2.45, 2.75) is 77.4 Å². The van der Waals surface area contributed by atoms with Crippen molar-refractivity contribution in [1.29, 1.82) is 0 Å². The highest BCUT2D eigenvalue weighted by Gasteiger charge is 2.37. The predicted molar refractivity (Wildman–Crippen MR) is 76.2 cm³/mol. The fraction of sp³-hybridized carbons (Fsp3) is 0.867. The third-order valence-corrected chi connectivity index (χ3v) is 3.90. The minimum absolute atomic E-state index is 0.114. The lowest BCUT2D eigenvalue weighted by molar-refractivity contribution is -0.156. The number of rotatable bonds is 5. The van der Waals surface area contributed by atoms with Crippen LogP contribution in [0.1, 0.15) is 65.7 Å². The molecule has 0 amide bonds. The first-order valence-electron chi connectivity index (χ1n) is 7.31. The van der Waals surface area contributed by atoms with Crippen LogP contribution in [0.3, 0.4) is 0 Å². The molecule has 1 saturated carbocycles. The third-order valence-electron chi connectivity index (χ3n) is 3.90. The number of hydrogen-bond acceptors (Lipinski definition) is 4. The molecule has 1 fully saturated rings. The summed E-state index contributed by atoms with van der Waals surface area (Å²) in [6.07, 6.45) is 4.19. The van der Waals surface area contributed by atoms with E-state index in [1.807, 2.05) is 20.8 Å². The zero-order valence-corrected chi connectivity index (χ0v) is 12.8. The number of carbonyl (C=O) groups is 2. The van der Waals surface area contributed by atoms with E-state index in [4.69, 9.17) is 15.6 Å². The van der Waals surface area contributed by atoms with Crippen molar-refractivity contribution < 1.29 is 19.4 Å². The van der Waals surface area contributed by atoms with E-state index in [2.05, 4.69) is 0 Å². The molecule has 0 unspecified atom stereocenters. The van der Waals surface area contributed by atoms with Crippen LogP contribution in [0.25, 0.3) is 0 Å². The van der Waals surface area contributed by atoms with Gasteiger partial charge < -0.3 is 15.6 Å². The molecule has 5 heteroatoms. The van der Waals surface area contributed by atoms with Crippen LogP contribution >= 0.6 is 0 Å². The molecule has 0 saturated heterocycles. The molecular formula is C15H27NO4. The van der Waals surface area contributed by atoms with Gasteiger partial charge in [0.25, 0.3) is 0 Å². The van der Waals surface area contributed by atoms with Gasteiger partial charge in [-0.15, -0.1) is 0 Å². The van der Waals surface area contributed by atoms with Crippen LogP contribution in [-0.2, 0) is 14.3 Å². The van der Waals surface area contributed by atoms with E-state index in [1.165, 1.54) is 0 Å². The second kappa shape index (κ2) is 6.57. The fourth-order valence-electron chi connectivity index (χ4n) is 2.85. The summed E-state index contributed by atoms with van der Waals surface area (Å²) in [4.78, 5) is 22.9. The minimum atomic E-state index is -0.801. The lowest BCUT2D eigenvalue weighted by Crippen LogP contribution is -2.36. The topological polar surface area (TPSA) is 89.6 Å². The highest BCUT2D eigenvalue weighted by atomic mass is 16.6. The highest BCUT2D eigenvalue weighted by Crippen LogP contribution is 2.43. The van der Waals surface area contributed by atoms with Crippen LogP contribution in [0, 0.1) is 5.41 Å². The fourth-order valence-corrected chi connectivity index (χ4v) is 2.85. The number of hydrogen-bond donors (Lipinski definition) is 2. The van der Waals surface area contributed by atoms with Crippen LogP contribution in [-0.4, -0.2) is 28.7 Å². The molecule has 1 rings (SSSR count). The summed E-state index contributed by atoms with van der Waals surface area (Å²) in [5.74, 6) is -1.05. The molecule has 0 radical (unpaired) electrons. The van der Waals surface area contributed by atoms with Crippen LogP contribution < -0.4 is 5.73 Å². The van der Waals surface area contributed by atoms with E-state index >= 15 is 0 Å². The largest absolute Gasteiger partial charge is 0.481 e. The standard InChI is InChI=1S/C15H27NO4/c1-14(2,3)20-13(19)6-9-15(10-12(17)18)7-4-11(16)5-8-15/h11H,4-10,16H2,1-3H3,(H,17,18). The highest BCUT2D eigenvalue weighted by molar-refractivity contribution is 5.70. The Labute approximate surface area is 120 Å². The Morgan fingerprint density at radius 2 is 1.85 bits per heavy atom. The molecule has 0 aromatic rings. The van der Waals surface area contributed by atoms with E-state index in [-0.39, 0.29) is 30.3 Å². The molecule has 0 heterocycles. The number of carbonyl (C=O) groups excluding carboxylic acids is 1. The summed E-state index contributed by atoms with van der Waals surface area (Å²) in [6.45, 7) is 5.49. The van der Waals surface area contributed by atoms with Gasteiger partial charge in [0.1, 0.15) is 5.60 Å². The van der Waals surface area contributed by atoms with Gasteiger partial charge in [0.05, 0.1) is 6.42 Å². The monoisotopic (exact) mass is 285 g/mol. The molecule has 0 aromatic heterocycles. The molecule has 0 aliphatic heterocycles. The normalized spacial score (nSPS) is 27.1. The van der Waals surface area contributed by atoms with Crippen LogP contribution in [0.2, 0.25) is 0 Å². The lowest BCUT2D eigenvalue weighted by Gasteiger charge is -2.38. The molecule has 0 spiro atoms. The zero-order valence-electron chi connectivity index (χ0n) is 12.8. The summed E-state index contributed by atoms with van der Waals surface area (Å²) >= 11 is 0. The molecule has 0 atom stereocenters. The molecule has 1 aliphatic carbocycles. The smallest absolute Gasteiger partial charge is 0.306 e. The van der Waals surface area contributed by atoms with Crippen molar-refractivity contribution in [3.8, 4) is 0 Å². The Morgan fingerprint density at radius 1 is 1.30 bits per heavy atom. The van der Waals surface area contributed by atoms with E-state index in [9.17, 15) is 9.59 Å². The molecule has 5 nitrogen and oxygen atoms in total. The Bertz CT molecular complexity index is 351.